The molecule has 0 bridgehead atoms. The minimum Gasteiger partial charge on any atom is -0.504 e. The molecule has 0 saturated heterocycles. The first kappa shape index (κ1) is 15.5. The smallest absolute Gasteiger partial charge is 0.380 e. The second kappa shape index (κ2) is 6.04. The molecular formula is C17H11FO6. The highest BCUT2D eigenvalue weighted by Crippen LogP contribution is 2.34. The average molecular weight is 330 g/mol. The van der Waals surface area contributed by atoms with E-state index in [1.165, 1.54) is 24.3 Å². The van der Waals surface area contributed by atoms with Gasteiger partial charge in [-0.3, -0.25) is 4.79 Å². The maximum Gasteiger partial charge on any atom is 0.380 e. The van der Waals surface area contributed by atoms with Gasteiger partial charge in [-0.15, -0.1) is 0 Å². The van der Waals surface area contributed by atoms with Gasteiger partial charge in [-0.1, -0.05) is 12.1 Å². The number of rotatable bonds is 5. The molecule has 2 N–H and O–H groups in total. The Bertz CT molecular complexity index is 926. The number of carbonyl (C=O) groups is 2. The summed E-state index contributed by atoms with van der Waals surface area (Å²) >= 11 is 0. The summed E-state index contributed by atoms with van der Waals surface area (Å²) in [5, 5.41) is 18.8. The fourth-order valence-corrected chi connectivity index (χ4v) is 2.15. The number of Topliss-reactive ketones (excluding diaryl/α,β-unsaturated/α-hetero) is 1. The van der Waals surface area contributed by atoms with Crippen LogP contribution in [-0.4, -0.2) is 22.0 Å². The summed E-state index contributed by atoms with van der Waals surface area (Å²) in [4.78, 5) is 22.1. The van der Waals surface area contributed by atoms with E-state index >= 15 is 0 Å². The van der Waals surface area contributed by atoms with E-state index < -0.39 is 23.3 Å². The molecule has 0 aliphatic carbocycles. The number of benzene rings is 2. The molecular weight excluding hydrogens is 319 g/mol. The molecule has 1 aromatic heterocycles. The summed E-state index contributed by atoms with van der Waals surface area (Å²) < 4.78 is 23.5. The average Bonchev–Trinajstić information content (AvgIpc) is 2.90. The van der Waals surface area contributed by atoms with Crippen LogP contribution in [-0.2, 0) is 11.4 Å². The summed E-state index contributed by atoms with van der Waals surface area (Å²) in [7, 11) is 0. The number of carboxylic acid groups (broad SMARTS) is 1. The number of carbonyl (C=O) groups excluding carboxylic acids is 1. The minimum absolute atomic E-state index is 0.159. The standard InChI is InChI=1S/C17H11FO6/c18-10-3-1-9(2-4-10)8-23-11-5-6-13-12(7-11)14(19)16(24-13)15(20)17(21)22/h1-7,19H,8H2,(H,21,22). The van der Waals surface area contributed by atoms with Gasteiger partial charge in [0.2, 0.25) is 5.76 Å². The van der Waals surface area contributed by atoms with Crippen LogP contribution >= 0.6 is 0 Å². The highest BCUT2D eigenvalue weighted by Gasteiger charge is 2.25. The molecule has 0 fully saturated rings. The van der Waals surface area contributed by atoms with Gasteiger partial charge in [-0.05, 0) is 35.9 Å². The van der Waals surface area contributed by atoms with E-state index in [9.17, 15) is 19.1 Å². The SMILES string of the molecule is O=C(O)C(=O)c1oc2ccc(OCc3ccc(F)cc3)cc2c1O. The second-order valence-electron chi connectivity index (χ2n) is 4.99. The first-order chi connectivity index (χ1) is 11.5. The number of aliphatic carboxylic acids is 1. The quantitative estimate of drug-likeness (QED) is 0.551. The molecule has 0 saturated carbocycles. The lowest BCUT2D eigenvalue weighted by Crippen LogP contribution is -2.11. The normalized spacial score (nSPS) is 10.7. The Kier molecular flexibility index (Phi) is 3.91. The number of ether oxygens (including phenoxy) is 1. The number of halogens is 1. The fourth-order valence-electron chi connectivity index (χ4n) is 2.15. The number of hydrogen-bond donors (Lipinski definition) is 2. The summed E-state index contributed by atoms with van der Waals surface area (Å²) in [5.41, 5.74) is 0.904. The summed E-state index contributed by atoms with van der Waals surface area (Å²) in [6, 6.07) is 10.2. The maximum absolute atomic E-state index is 12.8. The third-order valence-electron chi connectivity index (χ3n) is 3.35. The predicted molar refractivity (Wildman–Crippen MR) is 80.6 cm³/mol. The van der Waals surface area contributed by atoms with Crippen molar-refractivity contribution in [2.75, 3.05) is 0 Å². The number of ketones is 1. The fraction of sp³-hybridized carbons (Fsp3) is 0.0588. The van der Waals surface area contributed by atoms with Gasteiger partial charge >= 0.3 is 11.8 Å². The van der Waals surface area contributed by atoms with Gasteiger partial charge in [-0.2, -0.15) is 0 Å². The van der Waals surface area contributed by atoms with Gasteiger partial charge < -0.3 is 19.4 Å². The Labute approximate surface area is 134 Å². The van der Waals surface area contributed by atoms with Crippen LogP contribution in [0.15, 0.2) is 46.9 Å². The van der Waals surface area contributed by atoms with Crippen molar-refractivity contribution in [3.05, 3.63) is 59.6 Å². The number of carboxylic acids is 1. The topological polar surface area (TPSA) is 97.0 Å². The van der Waals surface area contributed by atoms with Crippen LogP contribution in [0.4, 0.5) is 4.39 Å². The highest BCUT2D eigenvalue weighted by atomic mass is 19.1. The van der Waals surface area contributed by atoms with Crippen LogP contribution in [0.25, 0.3) is 11.0 Å². The Hall–Kier alpha value is -3.35. The van der Waals surface area contributed by atoms with E-state index in [1.807, 2.05) is 0 Å². The number of furan rings is 1. The van der Waals surface area contributed by atoms with Crippen molar-refractivity contribution < 1.29 is 33.3 Å². The molecule has 7 heteroatoms. The molecule has 6 nitrogen and oxygen atoms in total. The van der Waals surface area contributed by atoms with E-state index in [2.05, 4.69) is 0 Å². The molecule has 0 amide bonds. The largest absolute Gasteiger partial charge is 0.504 e. The zero-order valence-electron chi connectivity index (χ0n) is 12.2. The first-order valence-corrected chi connectivity index (χ1v) is 6.86. The predicted octanol–water partition coefficient (Wildman–Crippen LogP) is 3.12. The van der Waals surface area contributed by atoms with Gasteiger partial charge in [0, 0.05) is 0 Å². The Morgan fingerprint density at radius 2 is 1.83 bits per heavy atom. The van der Waals surface area contributed by atoms with E-state index in [-0.39, 0.29) is 23.4 Å². The molecule has 0 aliphatic heterocycles. The molecule has 0 radical (unpaired) electrons. The van der Waals surface area contributed by atoms with Gasteiger partial charge in [-0.25, -0.2) is 9.18 Å². The Morgan fingerprint density at radius 3 is 2.50 bits per heavy atom. The Balaban J connectivity index is 1.85. The summed E-state index contributed by atoms with van der Waals surface area (Å²) in [6.45, 7) is 0.172. The van der Waals surface area contributed by atoms with Crippen molar-refractivity contribution in [1.82, 2.24) is 0 Å². The maximum atomic E-state index is 12.8. The minimum atomic E-state index is -1.72. The van der Waals surface area contributed by atoms with Gasteiger partial charge in [0.05, 0.1) is 5.39 Å². The Morgan fingerprint density at radius 1 is 1.12 bits per heavy atom. The van der Waals surface area contributed by atoms with Crippen molar-refractivity contribution >= 4 is 22.7 Å². The third kappa shape index (κ3) is 2.91. The van der Waals surface area contributed by atoms with Crippen LogP contribution in [0.2, 0.25) is 0 Å². The van der Waals surface area contributed by atoms with Crippen LogP contribution < -0.4 is 4.74 Å². The summed E-state index contributed by atoms with van der Waals surface area (Å²) in [5.74, 6) is -4.22. The molecule has 0 unspecified atom stereocenters. The lowest BCUT2D eigenvalue weighted by atomic mass is 10.2. The molecule has 3 rings (SSSR count). The van der Waals surface area contributed by atoms with Gasteiger partial charge in [0.25, 0.3) is 0 Å². The van der Waals surface area contributed by atoms with Crippen molar-refractivity contribution in [1.29, 1.82) is 0 Å². The first-order valence-electron chi connectivity index (χ1n) is 6.86. The van der Waals surface area contributed by atoms with E-state index in [1.54, 1.807) is 18.2 Å². The van der Waals surface area contributed by atoms with Crippen LogP contribution in [0, 0.1) is 5.82 Å². The number of fused-ring (bicyclic) bond motifs is 1. The molecule has 0 atom stereocenters. The van der Waals surface area contributed by atoms with Crippen molar-refractivity contribution in [2.24, 2.45) is 0 Å². The van der Waals surface area contributed by atoms with E-state index in [4.69, 9.17) is 14.3 Å². The number of hydrogen-bond acceptors (Lipinski definition) is 5. The number of aromatic hydroxyl groups is 1. The van der Waals surface area contributed by atoms with Gasteiger partial charge in [0.1, 0.15) is 23.8 Å². The summed E-state index contributed by atoms with van der Waals surface area (Å²) in [6.07, 6.45) is 0. The molecule has 0 spiro atoms. The van der Waals surface area contributed by atoms with Gasteiger partial charge in [0.15, 0.2) is 5.75 Å². The monoisotopic (exact) mass is 330 g/mol. The van der Waals surface area contributed by atoms with Crippen molar-refractivity contribution in [3.63, 3.8) is 0 Å². The lowest BCUT2D eigenvalue weighted by Gasteiger charge is -2.06. The van der Waals surface area contributed by atoms with Crippen LogP contribution in [0.1, 0.15) is 16.1 Å². The van der Waals surface area contributed by atoms with Crippen molar-refractivity contribution in [2.45, 2.75) is 6.61 Å². The molecule has 122 valence electrons. The van der Waals surface area contributed by atoms with Crippen molar-refractivity contribution in [3.8, 4) is 11.5 Å². The van der Waals surface area contributed by atoms with Crippen LogP contribution in [0.3, 0.4) is 0 Å². The molecule has 0 aliphatic rings. The van der Waals surface area contributed by atoms with E-state index in [0.717, 1.165) is 5.56 Å². The van der Waals surface area contributed by atoms with Crippen LogP contribution in [0.5, 0.6) is 11.5 Å². The third-order valence-corrected chi connectivity index (χ3v) is 3.35. The molecule has 1 heterocycles. The zero-order valence-corrected chi connectivity index (χ0v) is 12.2. The zero-order chi connectivity index (χ0) is 17.3. The molecule has 3 aromatic rings. The van der Waals surface area contributed by atoms with E-state index in [0.29, 0.717) is 5.75 Å². The highest BCUT2D eigenvalue weighted by molar-refractivity contribution is 6.40. The lowest BCUT2D eigenvalue weighted by molar-refractivity contribution is -0.131. The molecule has 2 aromatic carbocycles. The molecule has 24 heavy (non-hydrogen) atoms. The second-order valence-corrected chi connectivity index (χ2v) is 4.99.